The van der Waals surface area contributed by atoms with Gasteiger partial charge in [-0.15, -0.1) is 0 Å². The molecule has 7 nitrogen and oxygen atoms in total. The number of furan rings is 1. The number of hydrogen-bond acceptors (Lipinski definition) is 6. The van der Waals surface area contributed by atoms with Gasteiger partial charge in [0.1, 0.15) is 22.8 Å². The Morgan fingerprint density at radius 2 is 1.87 bits per heavy atom. The molecule has 0 bridgehead atoms. The maximum atomic E-state index is 12.4. The number of aromatic nitrogens is 1. The molecule has 0 atom stereocenters. The van der Waals surface area contributed by atoms with Crippen molar-refractivity contribution in [2.45, 2.75) is 0 Å². The molecule has 190 valence electrons. The number of oxazole rings is 1. The fourth-order valence-electron chi connectivity index (χ4n) is 3.64. The van der Waals surface area contributed by atoms with E-state index in [1.165, 1.54) is 12.2 Å². The summed E-state index contributed by atoms with van der Waals surface area (Å²) in [5.41, 5.74) is 3.39. The van der Waals surface area contributed by atoms with E-state index >= 15 is 0 Å². The highest BCUT2D eigenvalue weighted by Crippen LogP contribution is 2.34. The number of nitrogens with zero attached hydrogens (tertiary/aromatic N) is 1. The molecule has 0 radical (unpaired) electrons. The molecule has 3 aromatic carbocycles. The van der Waals surface area contributed by atoms with Gasteiger partial charge in [-0.25, -0.2) is 4.98 Å². The molecule has 0 unspecified atom stereocenters. The van der Waals surface area contributed by atoms with Crippen LogP contribution in [0.3, 0.4) is 0 Å². The van der Waals surface area contributed by atoms with Crippen LogP contribution >= 0.6 is 35.4 Å². The fourth-order valence-corrected chi connectivity index (χ4v) is 4.25. The number of carbonyl (C=O) groups excluding carboxylic acids is 1. The molecule has 5 aromatic rings. The van der Waals surface area contributed by atoms with Gasteiger partial charge in [-0.2, -0.15) is 0 Å². The van der Waals surface area contributed by atoms with Crippen LogP contribution in [0, 0.1) is 0 Å². The first-order valence-electron chi connectivity index (χ1n) is 11.3. The van der Waals surface area contributed by atoms with Crippen molar-refractivity contribution in [2.24, 2.45) is 0 Å². The summed E-state index contributed by atoms with van der Waals surface area (Å²) < 4.78 is 16.9. The van der Waals surface area contributed by atoms with E-state index in [0.29, 0.717) is 55.6 Å². The van der Waals surface area contributed by atoms with Gasteiger partial charge in [0.15, 0.2) is 10.7 Å². The summed E-state index contributed by atoms with van der Waals surface area (Å²) in [5.74, 6) is 1.72. The number of rotatable bonds is 6. The van der Waals surface area contributed by atoms with Gasteiger partial charge in [-0.3, -0.25) is 10.1 Å². The van der Waals surface area contributed by atoms with Gasteiger partial charge in [0.2, 0.25) is 11.8 Å². The summed E-state index contributed by atoms with van der Waals surface area (Å²) in [6.45, 7) is 0. The molecule has 0 saturated heterocycles. The van der Waals surface area contributed by atoms with Gasteiger partial charge >= 0.3 is 0 Å². The van der Waals surface area contributed by atoms with Crippen molar-refractivity contribution in [3.63, 3.8) is 0 Å². The third-order valence-electron chi connectivity index (χ3n) is 5.44. The molecule has 1 amide bonds. The molecule has 0 spiro atoms. The van der Waals surface area contributed by atoms with E-state index in [4.69, 9.17) is 49.0 Å². The van der Waals surface area contributed by atoms with Crippen molar-refractivity contribution in [3.05, 3.63) is 94.7 Å². The molecule has 0 aliphatic heterocycles. The number of fused-ring (bicyclic) bond motifs is 1. The van der Waals surface area contributed by atoms with Crippen LogP contribution in [0.2, 0.25) is 10.0 Å². The van der Waals surface area contributed by atoms with E-state index in [1.54, 1.807) is 49.6 Å². The highest BCUT2D eigenvalue weighted by atomic mass is 35.5. The molecule has 2 aromatic heterocycles. The van der Waals surface area contributed by atoms with Crippen LogP contribution in [0.1, 0.15) is 5.76 Å². The average molecular weight is 564 g/mol. The van der Waals surface area contributed by atoms with Crippen LogP contribution in [0.15, 0.2) is 87.7 Å². The summed E-state index contributed by atoms with van der Waals surface area (Å²) in [5, 5.41) is 6.56. The standard InChI is InChI=1S/C28H19Cl2N3O4S/c1-35-19-9-12-24-22(15-19)32-27(37-24)16-4-2-5-17(14-16)31-28(38)33-25(34)13-10-18-8-11-23(36-18)20-6-3-7-21(29)26(20)30/h2-15H,1H3,(H2,31,33,34,38). The smallest absolute Gasteiger partial charge is 0.250 e. The lowest BCUT2D eigenvalue weighted by atomic mass is 10.2. The monoisotopic (exact) mass is 563 g/mol. The van der Waals surface area contributed by atoms with E-state index < -0.39 is 5.91 Å². The van der Waals surface area contributed by atoms with Gasteiger partial charge in [-0.05, 0) is 72.9 Å². The van der Waals surface area contributed by atoms with Crippen LogP contribution in [0.25, 0.3) is 40.0 Å². The zero-order valence-electron chi connectivity index (χ0n) is 19.8. The topological polar surface area (TPSA) is 89.5 Å². The lowest BCUT2D eigenvalue weighted by Gasteiger charge is -2.08. The largest absolute Gasteiger partial charge is 0.497 e. The Hall–Kier alpha value is -4.11. The number of carbonyl (C=O) groups is 1. The van der Waals surface area contributed by atoms with Crippen molar-refractivity contribution in [3.8, 4) is 28.5 Å². The Bertz CT molecular complexity index is 1690. The second kappa shape index (κ2) is 11.1. The van der Waals surface area contributed by atoms with Gasteiger partial charge in [0.25, 0.3) is 0 Å². The average Bonchev–Trinajstić information content (AvgIpc) is 3.56. The highest BCUT2D eigenvalue weighted by molar-refractivity contribution is 7.80. The summed E-state index contributed by atoms with van der Waals surface area (Å²) in [6.07, 6.45) is 2.85. The van der Waals surface area contributed by atoms with Crippen molar-refractivity contribution < 1.29 is 18.4 Å². The second-order valence-corrected chi connectivity index (χ2v) is 9.21. The van der Waals surface area contributed by atoms with Crippen LogP contribution in [-0.4, -0.2) is 23.1 Å². The minimum absolute atomic E-state index is 0.130. The first-order chi connectivity index (χ1) is 18.4. The fraction of sp³-hybridized carbons (Fsp3) is 0.0357. The number of benzene rings is 3. The SMILES string of the molecule is COc1ccc2oc(-c3cccc(NC(=S)NC(=O)C=Cc4ccc(-c5cccc(Cl)c5Cl)o4)c3)nc2c1. The van der Waals surface area contributed by atoms with E-state index in [9.17, 15) is 4.79 Å². The predicted molar refractivity (Wildman–Crippen MR) is 154 cm³/mol. The van der Waals surface area contributed by atoms with Crippen LogP contribution < -0.4 is 15.4 Å². The first-order valence-corrected chi connectivity index (χ1v) is 12.5. The lowest BCUT2D eigenvalue weighted by molar-refractivity contribution is -0.115. The van der Waals surface area contributed by atoms with Crippen molar-refractivity contribution in [2.75, 3.05) is 12.4 Å². The van der Waals surface area contributed by atoms with Gasteiger partial charge in [0, 0.05) is 29.0 Å². The quantitative estimate of drug-likeness (QED) is 0.162. The second-order valence-electron chi connectivity index (χ2n) is 8.01. The number of halogens is 2. The number of nitrogens with one attached hydrogen (secondary N) is 2. The summed E-state index contributed by atoms with van der Waals surface area (Å²) >= 11 is 17.6. The Morgan fingerprint density at radius 3 is 2.71 bits per heavy atom. The number of ether oxygens (including phenoxy) is 1. The third kappa shape index (κ3) is 5.73. The number of thiocarbonyl (C=S) groups is 1. The highest BCUT2D eigenvalue weighted by Gasteiger charge is 2.12. The summed E-state index contributed by atoms with van der Waals surface area (Å²) in [6, 6.07) is 21.5. The number of hydrogen-bond donors (Lipinski definition) is 2. The van der Waals surface area contributed by atoms with E-state index in [-0.39, 0.29) is 5.11 Å². The van der Waals surface area contributed by atoms with Crippen LogP contribution in [0.4, 0.5) is 5.69 Å². The molecule has 0 aliphatic rings. The molecule has 0 fully saturated rings. The van der Waals surface area contributed by atoms with E-state index in [2.05, 4.69) is 15.6 Å². The van der Waals surface area contributed by atoms with Gasteiger partial charge in [0.05, 0.1) is 17.2 Å². The van der Waals surface area contributed by atoms with Crippen LogP contribution in [-0.2, 0) is 4.79 Å². The van der Waals surface area contributed by atoms with Crippen molar-refractivity contribution >= 4 is 69.3 Å². The number of amides is 1. The Kier molecular flexibility index (Phi) is 7.46. The zero-order valence-corrected chi connectivity index (χ0v) is 22.2. The zero-order chi connectivity index (χ0) is 26.6. The molecule has 0 saturated carbocycles. The van der Waals surface area contributed by atoms with Crippen LogP contribution in [0.5, 0.6) is 5.75 Å². The molecule has 5 rings (SSSR count). The minimum atomic E-state index is -0.426. The Balaban J connectivity index is 1.21. The minimum Gasteiger partial charge on any atom is -0.497 e. The molecular weight excluding hydrogens is 545 g/mol. The Labute approximate surface area is 233 Å². The maximum Gasteiger partial charge on any atom is 0.250 e. The summed E-state index contributed by atoms with van der Waals surface area (Å²) in [7, 11) is 1.60. The lowest BCUT2D eigenvalue weighted by Crippen LogP contribution is -2.32. The normalized spacial score (nSPS) is 11.1. The maximum absolute atomic E-state index is 12.4. The first kappa shape index (κ1) is 25.5. The van der Waals surface area contributed by atoms with Gasteiger partial charge < -0.3 is 18.9 Å². The van der Waals surface area contributed by atoms with Crippen molar-refractivity contribution in [1.82, 2.24) is 10.3 Å². The predicted octanol–water partition coefficient (Wildman–Crippen LogP) is 7.60. The molecular formula is C28H19Cl2N3O4S. The molecule has 38 heavy (non-hydrogen) atoms. The number of anilines is 1. The van der Waals surface area contributed by atoms with Gasteiger partial charge in [-0.1, -0.05) is 35.3 Å². The molecule has 0 aliphatic carbocycles. The number of methoxy groups -OCH3 is 1. The van der Waals surface area contributed by atoms with E-state index in [1.807, 2.05) is 30.3 Å². The third-order valence-corrected chi connectivity index (χ3v) is 6.46. The molecule has 2 heterocycles. The van der Waals surface area contributed by atoms with Crippen molar-refractivity contribution in [1.29, 1.82) is 0 Å². The Morgan fingerprint density at radius 1 is 1.03 bits per heavy atom. The van der Waals surface area contributed by atoms with E-state index in [0.717, 1.165) is 5.56 Å². The molecule has 10 heteroatoms. The molecule has 2 N–H and O–H groups in total. The summed E-state index contributed by atoms with van der Waals surface area (Å²) in [4.78, 5) is 16.9.